The molecule has 0 unspecified atom stereocenters. The summed E-state index contributed by atoms with van der Waals surface area (Å²) in [7, 11) is 0. The molecule has 28 heavy (non-hydrogen) atoms. The van der Waals surface area contributed by atoms with E-state index in [2.05, 4.69) is 10.3 Å². The Hall–Kier alpha value is -2.80. The summed E-state index contributed by atoms with van der Waals surface area (Å²) >= 11 is 5.33. The maximum atomic E-state index is 13.2. The third kappa shape index (κ3) is 3.62. The first-order valence-electron chi connectivity index (χ1n) is 9.39. The van der Waals surface area contributed by atoms with Crippen LogP contribution < -0.4 is 10.9 Å². The van der Waals surface area contributed by atoms with Gasteiger partial charge in [0.1, 0.15) is 5.82 Å². The van der Waals surface area contributed by atoms with E-state index in [1.807, 2.05) is 0 Å². The SMILES string of the molecule is O=C(NC1CCCCC1)c1ccc2c(=O)n(-c3ccc(F)cc3)c(=S)[nH]c2c1. The molecule has 3 aromatic rings. The second-order valence-electron chi connectivity index (χ2n) is 7.12. The number of carbonyl (C=O) groups excluding carboxylic acids is 1. The van der Waals surface area contributed by atoms with Crippen molar-refractivity contribution < 1.29 is 9.18 Å². The highest BCUT2D eigenvalue weighted by Gasteiger charge is 2.17. The van der Waals surface area contributed by atoms with Crippen LogP contribution in [0.2, 0.25) is 0 Å². The van der Waals surface area contributed by atoms with Crippen molar-refractivity contribution >= 4 is 29.0 Å². The fourth-order valence-electron chi connectivity index (χ4n) is 3.70. The number of fused-ring (bicyclic) bond motifs is 1. The molecule has 1 aliphatic rings. The predicted molar refractivity (Wildman–Crippen MR) is 109 cm³/mol. The molecule has 4 rings (SSSR count). The van der Waals surface area contributed by atoms with Crippen LogP contribution in [-0.4, -0.2) is 21.5 Å². The van der Waals surface area contributed by atoms with Crippen molar-refractivity contribution in [1.29, 1.82) is 0 Å². The molecule has 1 amide bonds. The van der Waals surface area contributed by atoms with Crippen molar-refractivity contribution in [3.8, 4) is 5.69 Å². The van der Waals surface area contributed by atoms with E-state index in [-0.39, 0.29) is 28.1 Å². The van der Waals surface area contributed by atoms with Gasteiger partial charge in [-0.15, -0.1) is 0 Å². The third-order valence-electron chi connectivity index (χ3n) is 5.19. The van der Waals surface area contributed by atoms with Crippen LogP contribution in [0.3, 0.4) is 0 Å². The number of aromatic nitrogens is 2. The lowest BCUT2D eigenvalue weighted by Crippen LogP contribution is -2.36. The average molecular weight is 397 g/mol. The van der Waals surface area contributed by atoms with E-state index in [4.69, 9.17) is 12.2 Å². The van der Waals surface area contributed by atoms with Crippen LogP contribution in [0.5, 0.6) is 0 Å². The Morgan fingerprint density at radius 3 is 2.54 bits per heavy atom. The second kappa shape index (κ2) is 7.67. The molecule has 1 heterocycles. The number of hydrogen-bond donors (Lipinski definition) is 2. The van der Waals surface area contributed by atoms with Crippen LogP contribution >= 0.6 is 12.2 Å². The number of H-pyrrole nitrogens is 1. The number of amides is 1. The van der Waals surface area contributed by atoms with E-state index in [0.717, 1.165) is 25.7 Å². The summed E-state index contributed by atoms with van der Waals surface area (Å²) in [6.07, 6.45) is 5.50. The molecule has 0 radical (unpaired) electrons. The van der Waals surface area contributed by atoms with E-state index in [1.165, 1.54) is 35.3 Å². The molecule has 144 valence electrons. The highest BCUT2D eigenvalue weighted by Crippen LogP contribution is 2.19. The van der Waals surface area contributed by atoms with Gasteiger partial charge in [-0.3, -0.25) is 14.2 Å². The van der Waals surface area contributed by atoms with Gasteiger partial charge in [0.05, 0.1) is 16.6 Å². The fourth-order valence-corrected chi connectivity index (χ4v) is 4.00. The Bertz CT molecular complexity index is 1150. The van der Waals surface area contributed by atoms with Gasteiger partial charge in [0, 0.05) is 11.6 Å². The quantitative estimate of drug-likeness (QED) is 0.650. The van der Waals surface area contributed by atoms with Gasteiger partial charge in [-0.2, -0.15) is 0 Å². The van der Waals surface area contributed by atoms with E-state index in [1.54, 1.807) is 18.2 Å². The Labute approximate surface area is 166 Å². The van der Waals surface area contributed by atoms with Crippen LogP contribution in [0.4, 0.5) is 4.39 Å². The van der Waals surface area contributed by atoms with E-state index in [0.29, 0.717) is 22.2 Å². The Morgan fingerprint density at radius 2 is 1.82 bits per heavy atom. The van der Waals surface area contributed by atoms with Gasteiger partial charge in [-0.05, 0) is 67.5 Å². The zero-order chi connectivity index (χ0) is 19.7. The van der Waals surface area contributed by atoms with Gasteiger partial charge in [0.25, 0.3) is 11.5 Å². The predicted octanol–water partition coefficient (Wildman–Crippen LogP) is 4.25. The number of benzene rings is 2. The summed E-state index contributed by atoms with van der Waals surface area (Å²) in [4.78, 5) is 28.5. The lowest BCUT2D eigenvalue weighted by Gasteiger charge is -2.22. The molecule has 0 aliphatic heterocycles. The molecule has 1 aliphatic carbocycles. The minimum absolute atomic E-state index is 0.143. The minimum atomic E-state index is -0.388. The average Bonchev–Trinajstić information content (AvgIpc) is 2.69. The van der Waals surface area contributed by atoms with Crippen LogP contribution in [-0.2, 0) is 0 Å². The zero-order valence-electron chi connectivity index (χ0n) is 15.2. The smallest absolute Gasteiger partial charge is 0.266 e. The summed E-state index contributed by atoms with van der Waals surface area (Å²) in [5, 5.41) is 3.48. The Morgan fingerprint density at radius 1 is 1.11 bits per heavy atom. The van der Waals surface area contributed by atoms with Gasteiger partial charge in [-0.1, -0.05) is 19.3 Å². The van der Waals surface area contributed by atoms with E-state index in [9.17, 15) is 14.0 Å². The van der Waals surface area contributed by atoms with Crippen LogP contribution in [0.1, 0.15) is 42.5 Å². The molecule has 0 spiro atoms. The molecule has 0 atom stereocenters. The lowest BCUT2D eigenvalue weighted by atomic mass is 9.95. The maximum absolute atomic E-state index is 13.2. The minimum Gasteiger partial charge on any atom is -0.349 e. The summed E-state index contributed by atoms with van der Waals surface area (Å²) in [5.74, 6) is -0.531. The largest absolute Gasteiger partial charge is 0.349 e. The van der Waals surface area contributed by atoms with Crippen molar-refractivity contribution in [3.63, 3.8) is 0 Å². The number of halogens is 1. The molecule has 1 aromatic heterocycles. The number of nitrogens with one attached hydrogen (secondary N) is 2. The van der Waals surface area contributed by atoms with E-state index >= 15 is 0 Å². The first-order chi connectivity index (χ1) is 13.5. The van der Waals surface area contributed by atoms with Gasteiger partial charge in [0.2, 0.25) is 0 Å². The first kappa shape index (κ1) is 18.6. The number of rotatable bonds is 3. The molecule has 0 saturated heterocycles. The van der Waals surface area contributed by atoms with Crippen molar-refractivity contribution in [2.75, 3.05) is 0 Å². The van der Waals surface area contributed by atoms with Gasteiger partial charge in [0.15, 0.2) is 4.77 Å². The third-order valence-corrected chi connectivity index (χ3v) is 5.47. The van der Waals surface area contributed by atoms with Crippen LogP contribution in [0.25, 0.3) is 16.6 Å². The molecule has 1 saturated carbocycles. The molecule has 5 nitrogen and oxygen atoms in total. The number of nitrogens with zero attached hydrogens (tertiary/aromatic N) is 1. The number of aromatic amines is 1. The Balaban J connectivity index is 1.70. The van der Waals surface area contributed by atoms with Crippen molar-refractivity contribution in [2.24, 2.45) is 0 Å². The molecule has 2 N–H and O–H groups in total. The Kier molecular flexibility index (Phi) is 5.09. The first-order valence-corrected chi connectivity index (χ1v) is 9.79. The van der Waals surface area contributed by atoms with Crippen molar-refractivity contribution in [1.82, 2.24) is 14.9 Å². The van der Waals surface area contributed by atoms with Gasteiger partial charge >= 0.3 is 0 Å². The summed E-state index contributed by atoms with van der Waals surface area (Å²) in [5.41, 5.74) is 1.16. The molecule has 2 aromatic carbocycles. The highest BCUT2D eigenvalue weighted by atomic mass is 32.1. The van der Waals surface area contributed by atoms with E-state index < -0.39 is 0 Å². The highest BCUT2D eigenvalue weighted by molar-refractivity contribution is 7.71. The summed E-state index contributed by atoms with van der Waals surface area (Å²) < 4.78 is 14.7. The second-order valence-corrected chi connectivity index (χ2v) is 7.50. The monoisotopic (exact) mass is 397 g/mol. The normalized spacial score (nSPS) is 14.9. The van der Waals surface area contributed by atoms with Crippen LogP contribution in [0, 0.1) is 10.6 Å². The van der Waals surface area contributed by atoms with Crippen molar-refractivity contribution in [3.05, 3.63) is 69.0 Å². The van der Waals surface area contributed by atoms with Crippen molar-refractivity contribution in [2.45, 2.75) is 38.1 Å². The topological polar surface area (TPSA) is 66.9 Å². The zero-order valence-corrected chi connectivity index (χ0v) is 16.0. The van der Waals surface area contributed by atoms with Gasteiger partial charge < -0.3 is 10.3 Å². The molecule has 7 heteroatoms. The molecular formula is C21H20FN3O2S. The maximum Gasteiger partial charge on any atom is 0.266 e. The molecular weight excluding hydrogens is 377 g/mol. The lowest BCUT2D eigenvalue weighted by molar-refractivity contribution is 0.0928. The number of carbonyl (C=O) groups is 1. The van der Waals surface area contributed by atoms with Gasteiger partial charge in [-0.25, -0.2) is 4.39 Å². The summed E-state index contributed by atoms with van der Waals surface area (Å²) in [6, 6.07) is 10.7. The fraction of sp³-hybridized carbons (Fsp3) is 0.286. The molecule has 1 fully saturated rings. The number of hydrogen-bond acceptors (Lipinski definition) is 3. The molecule has 0 bridgehead atoms. The summed E-state index contributed by atoms with van der Waals surface area (Å²) in [6.45, 7) is 0. The standard InChI is InChI=1S/C21H20FN3O2S/c22-14-7-9-16(10-8-14)25-20(27)17-11-6-13(12-18(17)24-21(25)28)19(26)23-15-4-2-1-3-5-15/h6-12,15H,1-5H2,(H,23,26)(H,24,28). The van der Waals surface area contributed by atoms with Crippen LogP contribution in [0.15, 0.2) is 47.3 Å².